The number of nitrogens with zero attached hydrogens (tertiary/aromatic N) is 1. The number of nitrogens with one attached hydrogen (secondary N) is 1. The molecule has 0 fully saturated rings. The minimum absolute atomic E-state index is 0. The van der Waals surface area contributed by atoms with Crippen molar-refractivity contribution in [1.29, 1.82) is 0 Å². The number of carbonyl (C=O) groups excluding carboxylic acids is 1. The topological polar surface area (TPSA) is 32.3 Å². The SMILES string of the molecule is C=C(C)C(=O)NCCC.CCCCCCCCCCCCN(C)C.I. The molecule has 0 aliphatic rings. The van der Waals surface area contributed by atoms with E-state index in [4.69, 9.17) is 0 Å². The molecule has 0 aliphatic carbocycles. The molecule has 0 heterocycles. The molecular weight excluding hydrogens is 423 g/mol. The molecule has 0 aromatic carbocycles. The maximum Gasteiger partial charge on any atom is 0.246 e. The maximum absolute atomic E-state index is 10.7. The summed E-state index contributed by atoms with van der Waals surface area (Å²) < 4.78 is 0. The molecular formula is C21H45IN2O. The number of hydrogen-bond donors (Lipinski definition) is 1. The number of rotatable bonds is 14. The number of hydrogen-bond acceptors (Lipinski definition) is 2. The molecule has 0 spiro atoms. The molecule has 0 radical (unpaired) electrons. The minimum atomic E-state index is -0.0446. The van der Waals surface area contributed by atoms with Crippen molar-refractivity contribution < 1.29 is 4.79 Å². The van der Waals surface area contributed by atoms with E-state index in [0.717, 1.165) is 13.0 Å². The van der Waals surface area contributed by atoms with E-state index in [-0.39, 0.29) is 29.9 Å². The smallest absolute Gasteiger partial charge is 0.246 e. The molecule has 0 aliphatic heterocycles. The van der Waals surface area contributed by atoms with Gasteiger partial charge in [-0.1, -0.05) is 78.2 Å². The first-order valence-corrected chi connectivity index (χ1v) is 10.0. The Morgan fingerprint density at radius 2 is 1.28 bits per heavy atom. The quantitative estimate of drug-likeness (QED) is 0.188. The summed E-state index contributed by atoms with van der Waals surface area (Å²) in [5.41, 5.74) is 0.573. The van der Waals surface area contributed by atoms with Crippen LogP contribution in [0.25, 0.3) is 0 Å². The molecule has 0 unspecified atom stereocenters. The molecule has 0 atom stereocenters. The highest BCUT2D eigenvalue weighted by atomic mass is 127. The molecule has 0 saturated heterocycles. The van der Waals surface area contributed by atoms with Gasteiger partial charge in [0.15, 0.2) is 0 Å². The van der Waals surface area contributed by atoms with Crippen molar-refractivity contribution in [1.82, 2.24) is 10.2 Å². The zero-order valence-electron chi connectivity index (χ0n) is 17.7. The van der Waals surface area contributed by atoms with Crippen LogP contribution in [0, 0.1) is 0 Å². The highest BCUT2D eigenvalue weighted by Crippen LogP contribution is 2.10. The Labute approximate surface area is 175 Å². The molecule has 0 bridgehead atoms. The van der Waals surface area contributed by atoms with E-state index in [2.05, 4.69) is 37.8 Å². The van der Waals surface area contributed by atoms with Gasteiger partial charge < -0.3 is 10.2 Å². The van der Waals surface area contributed by atoms with Crippen molar-refractivity contribution in [2.24, 2.45) is 0 Å². The summed E-state index contributed by atoms with van der Waals surface area (Å²) in [7, 11) is 4.32. The zero-order chi connectivity index (χ0) is 18.6. The molecule has 4 heteroatoms. The molecule has 0 aromatic rings. The summed E-state index contributed by atoms with van der Waals surface area (Å²) in [6, 6.07) is 0. The van der Waals surface area contributed by atoms with Gasteiger partial charge in [0.2, 0.25) is 5.91 Å². The van der Waals surface area contributed by atoms with Gasteiger partial charge in [0, 0.05) is 12.1 Å². The van der Waals surface area contributed by atoms with Crippen molar-refractivity contribution in [3.63, 3.8) is 0 Å². The second-order valence-corrected chi connectivity index (χ2v) is 7.02. The lowest BCUT2D eigenvalue weighted by atomic mass is 10.1. The minimum Gasteiger partial charge on any atom is -0.352 e. The van der Waals surface area contributed by atoms with Crippen LogP contribution in [-0.4, -0.2) is 38.0 Å². The summed E-state index contributed by atoms with van der Waals surface area (Å²) in [5.74, 6) is -0.0446. The van der Waals surface area contributed by atoms with Gasteiger partial charge in [-0.2, -0.15) is 0 Å². The number of unbranched alkanes of at least 4 members (excludes halogenated alkanes) is 9. The second-order valence-electron chi connectivity index (χ2n) is 7.02. The van der Waals surface area contributed by atoms with E-state index in [1.54, 1.807) is 6.92 Å². The van der Waals surface area contributed by atoms with Crippen molar-refractivity contribution in [3.8, 4) is 0 Å². The highest BCUT2D eigenvalue weighted by Gasteiger charge is 1.96. The van der Waals surface area contributed by atoms with Gasteiger partial charge in [0.05, 0.1) is 0 Å². The number of carbonyl (C=O) groups is 1. The van der Waals surface area contributed by atoms with Crippen molar-refractivity contribution in [3.05, 3.63) is 12.2 Å². The molecule has 152 valence electrons. The monoisotopic (exact) mass is 468 g/mol. The van der Waals surface area contributed by atoms with Gasteiger partial charge in [-0.05, 0) is 40.4 Å². The Kier molecular flexibility index (Phi) is 28.4. The van der Waals surface area contributed by atoms with Crippen LogP contribution in [0.2, 0.25) is 0 Å². The summed E-state index contributed by atoms with van der Waals surface area (Å²) in [6.45, 7) is 11.5. The molecule has 1 N–H and O–H groups in total. The normalized spacial score (nSPS) is 9.84. The van der Waals surface area contributed by atoms with Crippen LogP contribution in [-0.2, 0) is 4.79 Å². The number of amides is 1. The summed E-state index contributed by atoms with van der Waals surface area (Å²) in [4.78, 5) is 13.0. The highest BCUT2D eigenvalue weighted by molar-refractivity contribution is 14.0. The van der Waals surface area contributed by atoms with Crippen molar-refractivity contribution in [2.75, 3.05) is 27.2 Å². The van der Waals surface area contributed by atoms with Gasteiger partial charge in [-0.15, -0.1) is 24.0 Å². The third-order valence-corrected chi connectivity index (χ3v) is 3.88. The van der Waals surface area contributed by atoms with E-state index in [1.807, 2.05) is 6.92 Å². The fraction of sp³-hybridized carbons (Fsp3) is 0.857. The predicted octanol–water partition coefficient (Wildman–Crippen LogP) is 6.18. The van der Waals surface area contributed by atoms with E-state index in [1.165, 1.54) is 70.8 Å². The summed E-state index contributed by atoms with van der Waals surface area (Å²) in [5, 5.41) is 2.69. The Balaban J connectivity index is -0.000000418. The maximum atomic E-state index is 10.7. The van der Waals surface area contributed by atoms with Gasteiger partial charge in [-0.25, -0.2) is 0 Å². The van der Waals surface area contributed by atoms with E-state index in [9.17, 15) is 4.79 Å². The Morgan fingerprint density at radius 3 is 1.64 bits per heavy atom. The average Bonchev–Trinajstić information content (AvgIpc) is 2.54. The largest absolute Gasteiger partial charge is 0.352 e. The van der Waals surface area contributed by atoms with E-state index >= 15 is 0 Å². The molecule has 25 heavy (non-hydrogen) atoms. The van der Waals surface area contributed by atoms with Crippen LogP contribution in [0.4, 0.5) is 0 Å². The van der Waals surface area contributed by atoms with Crippen LogP contribution in [0.15, 0.2) is 12.2 Å². The average molecular weight is 469 g/mol. The Hall–Kier alpha value is -0.100. The van der Waals surface area contributed by atoms with Gasteiger partial charge in [0.1, 0.15) is 0 Å². The summed E-state index contributed by atoms with van der Waals surface area (Å²) >= 11 is 0. The lowest BCUT2D eigenvalue weighted by molar-refractivity contribution is -0.117. The van der Waals surface area contributed by atoms with Crippen molar-refractivity contribution >= 4 is 29.9 Å². The molecule has 3 nitrogen and oxygen atoms in total. The fourth-order valence-corrected chi connectivity index (χ4v) is 2.30. The first kappa shape index (κ1) is 29.7. The molecule has 0 aromatic heterocycles. The van der Waals surface area contributed by atoms with E-state index in [0.29, 0.717) is 5.57 Å². The van der Waals surface area contributed by atoms with Crippen LogP contribution in [0.5, 0.6) is 0 Å². The Bertz CT molecular complexity index is 294. The van der Waals surface area contributed by atoms with Crippen LogP contribution in [0.1, 0.15) is 91.4 Å². The standard InChI is InChI=1S/C14H31N.C7H13NO.HI/c1-4-5-6-7-8-9-10-11-12-13-14-15(2)3;1-4-5-8-7(9)6(2)3;/h4-14H2,1-3H3;2,4-5H2,1,3H3,(H,8,9);1H. The van der Waals surface area contributed by atoms with Gasteiger partial charge >= 0.3 is 0 Å². The van der Waals surface area contributed by atoms with Crippen LogP contribution >= 0.6 is 24.0 Å². The molecule has 0 rings (SSSR count). The lowest BCUT2D eigenvalue weighted by Gasteiger charge is -2.08. The van der Waals surface area contributed by atoms with Crippen LogP contribution < -0.4 is 5.32 Å². The molecule has 0 saturated carbocycles. The third kappa shape index (κ3) is 28.9. The number of halogens is 1. The second kappa shape index (κ2) is 23.9. The van der Waals surface area contributed by atoms with Crippen LogP contribution in [0.3, 0.4) is 0 Å². The Morgan fingerprint density at radius 1 is 0.840 bits per heavy atom. The van der Waals surface area contributed by atoms with E-state index < -0.39 is 0 Å². The zero-order valence-corrected chi connectivity index (χ0v) is 20.0. The third-order valence-electron chi connectivity index (χ3n) is 3.88. The van der Waals surface area contributed by atoms with Gasteiger partial charge in [-0.3, -0.25) is 4.79 Å². The van der Waals surface area contributed by atoms with Gasteiger partial charge in [0.25, 0.3) is 0 Å². The molecule has 1 amide bonds. The fourth-order valence-electron chi connectivity index (χ4n) is 2.30. The first-order valence-electron chi connectivity index (χ1n) is 10.0. The summed E-state index contributed by atoms with van der Waals surface area (Å²) in [6.07, 6.45) is 15.3. The lowest BCUT2D eigenvalue weighted by Crippen LogP contribution is -2.24. The first-order chi connectivity index (χ1) is 11.5. The predicted molar refractivity (Wildman–Crippen MR) is 124 cm³/mol. The van der Waals surface area contributed by atoms with Crippen molar-refractivity contribution in [2.45, 2.75) is 91.4 Å².